The molecule has 1 rings (SSSR count). The Morgan fingerprint density at radius 2 is 1.74 bits per heavy atom. The van der Waals surface area contributed by atoms with Crippen molar-refractivity contribution in [3.8, 4) is 0 Å². The van der Waals surface area contributed by atoms with Crippen molar-refractivity contribution in [1.82, 2.24) is 0 Å². The molecule has 0 fully saturated rings. The second-order valence-electron chi connectivity index (χ2n) is 5.05. The molecule has 4 nitrogen and oxygen atoms in total. The fourth-order valence-electron chi connectivity index (χ4n) is 1.84. The van der Waals surface area contributed by atoms with Crippen LogP contribution >= 0.6 is 0 Å². The van der Waals surface area contributed by atoms with Crippen molar-refractivity contribution in [1.29, 1.82) is 0 Å². The Balaban J connectivity index is 2.05. The first-order chi connectivity index (χ1) is 8.97. The number of anilines is 1. The number of para-hydroxylation sites is 1. The van der Waals surface area contributed by atoms with Crippen molar-refractivity contribution in [2.75, 3.05) is 5.32 Å². The normalized spacial score (nSPS) is 11.3. The van der Waals surface area contributed by atoms with Gasteiger partial charge in [-0.05, 0) is 31.1 Å². The number of rotatable bonds is 8. The maximum Gasteiger partial charge on any atom is 0.329 e. The molecule has 0 atom stereocenters. The van der Waals surface area contributed by atoms with Gasteiger partial charge < -0.3 is 14.9 Å². The molecular formula is C14H23NO3Si. The molecule has 0 saturated carbocycles. The van der Waals surface area contributed by atoms with Crippen LogP contribution < -0.4 is 5.32 Å². The molecule has 0 saturated heterocycles. The van der Waals surface area contributed by atoms with Crippen LogP contribution in [0, 0.1) is 0 Å². The molecular weight excluding hydrogens is 258 g/mol. The van der Waals surface area contributed by atoms with Gasteiger partial charge in [0.15, 0.2) is 0 Å². The molecule has 0 aliphatic rings. The lowest BCUT2D eigenvalue weighted by molar-refractivity contribution is -0.116. The van der Waals surface area contributed by atoms with Crippen LogP contribution in [0.5, 0.6) is 0 Å². The van der Waals surface area contributed by atoms with E-state index in [1.807, 2.05) is 30.3 Å². The van der Waals surface area contributed by atoms with Gasteiger partial charge in [0.2, 0.25) is 5.91 Å². The third-order valence-electron chi connectivity index (χ3n) is 2.86. The summed E-state index contributed by atoms with van der Waals surface area (Å²) in [6.07, 6.45) is 4.08. The molecule has 1 amide bonds. The third kappa shape index (κ3) is 8.53. The highest BCUT2D eigenvalue weighted by Gasteiger charge is 2.19. The Bertz CT molecular complexity index is 376. The zero-order chi connectivity index (χ0) is 14.1. The lowest BCUT2D eigenvalue weighted by Crippen LogP contribution is -2.29. The Morgan fingerprint density at radius 3 is 2.37 bits per heavy atom. The van der Waals surface area contributed by atoms with E-state index in [0.29, 0.717) is 12.5 Å². The van der Waals surface area contributed by atoms with E-state index in [2.05, 4.69) is 5.32 Å². The number of amides is 1. The summed E-state index contributed by atoms with van der Waals surface area (Å²) in [5, 5.41) is 2.84. The highest BCUT2D eigenvalue weighted by molar-refractivity contribution is 6.63. The Hall–Kier alpha value is -1.17. The maximum absolute atomic E-state index is 11.6. The minimum atomic E-state index is -2.87. The van der Waals surface area contributed by atoms with Crippen LogP contribution in [0.3, 0.4) is 0 Å². The van der Waals surface area contributed by atoms with Gasteiger partial charge in [0, 0.05) is 12.1 Å². The summed E-state index contributed by atoms with van der Waals surface area (Å²) in [6.45, 7) is 1.53. The van der Waals surface area contributed by atoms with Crippen LogP contribution in [-0.4, -0.2) is 24.1 Å². The fraction of sp³-hybridized carbons (Fsp3) is 0.500. The minimum absolute atomic E-state index is 0.0368. The van der Waals surface area contributed by atoms with E-state index in [0.717, 1.165) is 31.4 Å². The molecule has 1 aromatic carbocycles. The number of hydrogen-bond donors (Lipinski definition) is 3. The smallest absolute Gasteiger partial charge is 0.329 e. The molecule has 0 heterocycles. The summed E-state index contributed by atoms with van der Waals surface area (Å²) >= 11 is 0. The molecule has 0 unspecified atom stereocenters. The fourth-order valence-corrected chi connectivity index (χ4v) is 2.76. The lowest BCUT2D eigenvalue weighted by Gasteiger charge is -2.10. The quantitative estimate of drug-likeness (QED) is 0.507. The van der Waals surface area contributed by atoms with Crippen LogP contribution in [0.15, 0.2) is 30.3 Å². The molecule has 0 aliphatic carbocycles. The van der Waals surface area contributed by atoms with Gasteiger partial charge in [0.25, 0.3) is 0 Å². The second-order valence-corrected chi connectivity index (χ2v) is 7.98. The van der Waals surface area contributed by atoms with E-state index in [-0.39, 0.29) is 5.91 Å². The Kier molecular flexibility index (Phi) is 6.76. The van der Waals surface area contributed by atoms with Gasteiger partial charge in [0.1, 0.15) is 0 Å². The van der Waals surface area contributed by atoms with Crippen molar-refractivity contribution in [2.24, 2.45) is 0 Å². The first-order valence-electron chi connectivity index (χ1n) is 6.77. The number of nitrogens with one attached hydrogen (secondary N) is 1. The van der Waals surface area contributed by atoms with E-state index in [1.165, 1.54) is 6.55 Å². The van der Waals surface area contributed by atoms with Crippen molar-refractivity contribution in [3.05, 3.63) is 30.3 Å². The summed E-state index contributed by atoms with van der Waals surface area (Å²) in [6, 6.07) is 9.94. The van der Waals surface area contributed by atoms with Gasteiger partial charge in [-0.15, -0.1) is 0 Å². The zero-order valence-electron chi connectivity index (χ0n) is 11.4. The minimum Gasteiger partial charge on any atom is -0.411 e. The molecule has 0 radical (unpaired) electrons. The molecule has 3 N–H and O–H groups in total. The van der Waals surface area contributed by atoms with E-state index in [9.17, 15) is 14.4 Å². The largest absolute Gasteiger partial charge is 0.411 e. The molecule has 5 heteroatoms. The highest BCUT2D eigenvalue weighted by atomic mass is 28.4. The topological polar surface area (TPSA) is 69.6 Å². The van der Waals surface area contributed by atoms with Gasteiger partial charge in [-0.3, -0.25) is 4.79 Å². The number of benzene rings is 1. The molecule has 0 spiro atoms. The lowest BCUT2D eigenvalue weighted by atomic mass is 10.1. The standard InChI is InChI=1S/C14H23NO3Si/c1-19(17,18)12-8-3-2-7-11-14(16)15-13-9-5-4-6-10-13/h4-6,9-10,17-18H,2-3,7-8,11-12H2,1H3,(H,15,16). The van der Waals surface area contributed by atoms with Crippen molar-refractivity contribution in [3.63, 3.8) is 0 Å². The van der Waals surface area contributed by atoms with Crippen molar-refractivity contribution in [2.45, 2.75) is 44.7 Å². The van der Waals surface area contributed by atoms with Crippen LogP contribution in [-0.2, 0) is 4.79 Å². The van der Waals surface area contributed by atoms with E-state index >= 15 is 0 Å². The maximum atomic E-state index is 11.6. The Morgan fingerprint density at radius 1 is 1.11 bits per heavy atom. The second kappa shape index (κ2) is 8.09. The zero-order valence-corrected chi connectivity index (χ0v) is 12.4. The monoisotopic (exact) mass is 281 g/mol. The SMILES string of the molecule is C[Si](O)(O)CCCCCCC(=O)Nc1ccccc1. The molecule has 0 bridgehead atoms. The predicted octanol–water partition coefficient (Wildman–Crippen LogP) is 2.63. The number of carbonyl (C=O) groups is 1. The number of hydrogen-bond acceptors (Lipinski definition) is 3. The number of unbranched alkanes of at least 4 members (excludes halogenated alkanes) is 3. The van der Waals surface area contributed by atoms with E-state index < -0.39 is 8.56 Å². The summed E-state index contributed by atoms with van der Waals surface area (Å²) in [5.74, 6) is 0.0368. The number of carbonyl (C=O) groups excluding carboxylic acids is 1. The van der Waals surface area contributed by atoms with Crippen LogP contribution in [0.4, 0.5) is 5.69 Å². The van der Waals surface area contributed by atoms with Crippen LogP contribution in [0.1, 0.15) is 32.1 Å². The molecule has 0 aliphatic heterocycles. The summed E-state index contributed by atoms with van der Waals surface area (Å²) in [4.78, 5) is 30.1. The molecule has 19 heavy (non-hydrogen) atoms. The highest BCUT2D eigenvalue weighted by Crippen LogP contribution is 2.12. The molecule has 106 valence electrons. The van der Waals surface area contributed by atoms with Gasteiger partial charge in [-0.2, -0.15) is 0 Å². The van der Waals surface area contributed by atoms with Gasteiger partial charge in [-0.25, -0.2) is 0 Å². The average molecular weight is 281 g/mol. The molecule has 0 aromatic heterocycles. The average Bonchev–Trinajstić information content (AvgIpc) is 2.33. The van der Waals surface area contributed by atoms with Crippen LogP contribution in [0.2, 0.25) is 12.6 Å². The summed E-state index contributed by atoms with van der Waals surface area (Å²) < 4.78 is 0. The van der Waals surface area contributed by atoms with Gasteiger partial charge in [0.05, 0.1) is 0 Å². The van der Waals surface area contributed by atoms with E-state index in [1.54, 1.807) is 0 Å². The first kappa shape index (κ1) is 15.9. The van der Waals surface area contributed by atoms with Crippen molar-refractivity contribution >= 4 is 20.2 Å². The van der Waals surface area contributed by atoms with Gasteiger partial charge in [-0.1, -0.05) is 37.5 Å². The first-order valence-corrected chi connectivity index (χ1v) is 9.37. The summed E-state index contributed by atoms with van der Waals surface area (Å²) in [7, 11) is -2.87. The summed E-state index contributed by atoms with van der Waals surface area (Å²) in [5.41, 5.74) is 0.829. The van der Waals surface area contributed by atoms with Crippen molar-refractivity contribution < 1.29 is 14.4 Å². The Labute approximate surface area is 115 Å². The van der Waals surface area contributed by atoms with Gasteiger partial charge >= 0.3 is 8.56 Å². The van der Waals surface area contributed by atoms with Crippen LogP contribution in [0.25, 0.3) is 0 Å². The van der Waals surface area contributed by atoms with E-state index in [4.69, 9.17) is 0 Å². The predicted molar refractivity (Wildman–Crippen MR) is 79.0 cm³/mol. The molecule has 1 aromatic rings. The third-order valence-corrected chi connectivity index (χ3v) is 4.16.